The van der Waals surface area contributed by atoms with Gasteiger partial charge in [0.25, 0.3) is 0 Å². The maximum atomic E-state index is 14.6. The summed E-state index contributed by atoms with van der Waals surface area (Å²) in [4.78, 5) is 30.3. The first-order valence-corrected chi connectivity index (χ1v) is 12.2. The van der Waals surface area contributed by atoms with Crippen molar-refractivity contribution in [3.63, 3.8) is 0 Å². The number of fused-ring (bicyclic) bond motifs is 2. The highest BCUT2D eigenvalue weighted by Gasteiger charge is 2.26. The largest absolute Gasteiger partial charge is 0.494 e. The predicted molar refractivity (Wildman–Crippen MR) is 142 cm³/mol. The number of likely N-dealkylation sites (N-methyl/N-ethyl adjacent to an activating group) is 2. The lowest BCUT2D eigenvalue weighted by Gasteiger charge is -2.24. The predicted octanol–water partition coefficient (Wildman–Crippen LogP) is 4.64. The van der Waals surface area contributed by atoms with E-state index < -0.39 is 23.7 Å². The van der Waals surface area contributed by atoms with Crippen LogP contribution in [0, 0.1) is 11.6 Å². The molecule has 4 aromatic rings. The summed E-state index contributed by atoms with van der Waals surface area (Å²) in [7, 11) is 8.15. The molecule has 0 saturated heterocycles. The van der Waals surface area contributed by atoms with E-state index in [9.17, 15) is 18.4 Å². The van der Waals surface area contributed by atoms with Crippen LogP contribution < -0.4 is 9.47 Å². The number of hydrogen-bond acceptors (Lipinski definition) is 6. The van der Waals surface area contributed by atoms with Crippen molar-refractivity contribution in [1.82, 2.24) is 18.9 Å². The van der Waals surface area contributed by atoms with E-state index in [0.29, 0.717) is 28.4 Å². The molecule has 8 nitrogen and oxygen atoms in total. The zero-order valence-electron chi connectivity index (χ0n) is 22.6. The van der Waals surface area contributed by atoms with Gasteiger partial charge in [0.15, 0.2) is 23.1 Å². The normalized spacial score (nSPS) is 13.4. The quantitative estimate of drug-likeness (QED) is 0.333. The Morgan fingerprint density at radius 3 is 2.11 bits per heavy atom. The van der Waals surface area contributed by atoms with Gasteiger partial charge < -0.3 is 9.47 Å². The summed E-state index contributed by atoms with van der Waals surface area (Å²) in [6.45, 7) is 3.85. The number of rotatable bonds is 8. The molecule has 38 heavy (non-hydrogen) atoms. The van der Waals surface area contributed by atoms with E-state index in [1.54, 1.807) is 64.4 Å². The van der Waals surface area contributed by atoms with Gasteiger partial charge in [-0.05, 0) is 58.8 Å². The highest BCUT2D eigenvalue weighted by molar-refractivity contribution is 5.97. The molecule has 10 heteroatoms. The van der Waals surface area contributed by atoms with Crippen LogP contribution >= 0.6 is 0 Å². The molecule has 2 atom stereocenters. The summed E-state index contributed by atoms with van der Waals surface area (Å²) in [6, 6.07) is 6.36. The third kappa shape index (κ3) is 4.77. The van der Waals surface area contributed by atoms with Gasteiger partial charge in [-0.2, -0.15) is 0 Å². The van der Waals surface area contributed by atoms with E-state index in [0.717, 1.165) is 5.56 Å². The SMILES string of the molecule is COc1cc2c(CN(C)[C@@H](C)C(=O)n3ccc4cc(F)c(OC)cc43)cn(C(=O)[C@H](C)N(C)C)c2cc1F. The van der Waals surface area contributed by atoms with Gasteiger partial charge in [0.05, 0.1) is 37.3 Å². The zero-order valence-corrected chi connectivity index (χ0v) is 22.6. The molecule has 4 rings (SSSR count). The molecule has 2 aromatic carbocycles. The summed E-state index contributed by atoms with van der Waals surface area (Å²) < 4.78 is 42.0. The molecule has 0 aliphatic heterocycles. The maximum absolute atomic E-state index is 14.6. The summed E-state index contributed by atoms with van der Waals surface area (Å²) in [6.07, 6.45) is 3.30. The Balaban J connectivity index is 1.69. The standard InChI is InChI=1S/C28H32F2N4O4/c1-16(31(3)4)27(35)34-15-19(20-11-25(37-6)22(30)12-24(20)34)14-32(5)17(2)28(36)33-9-8-18-10-21(29)26(38-7)13-23(18)33/h8-13,15-17H,14H2,1-7H3/t16-,17-/m0/s1. The lowest BCUT2D eigenvalue weighted by Crippen LogP contribution is -2.38. The third-order valence-electron chi connectivity index (χ3n) is 7.17. The van der Waals surface area contributed by atoms with Gasteiger partial charge in [0.2, 0.25) is 11.8 Å². The summed E-state index contributed by atoms with van der Waals surface area (Å²) >= 11 is 0. The molecule has 0 aliphatic rings. The Morgan fingerprint density at radius 1 is 0.868 bits per heavy atom. The molecule has 2 heterocycles. The first kappa shape index (κ1) is 27.3. The van der Waals surface area contributed by atoms with E-state index in [4.69, 9.17) is 9.47 Å². The minimum Gasteiger partial charge on any atom is -0.494 e. The second kappa shape index (κ2) is 10.5. The highest BCUT2D eigenvalue weighted by atomic mass is 19.1. The third-order valence-corrected chi connectivity index (χ3v) is 7.17. The average Bonchev–Trinajstić information content (AvgIpc) is 3.46. The van der Waals surface area contributed by atoms with Crippen LogP contribution in [0.4, 0.5) is 8.78 Å². The van der Waals surface area contributed by atoms with Crippen molar-refractivity contribution in [2.24, 2.45) is 0 Å². The Bertz CT molecular complexity index is 1520. The second-order valence-corrected chi connectivity index (χ2v) is 9.67. The minimum absolute atomic E-state index is 0.0527. The second-order valence-electron chi connectivity index (χ2n) is 9.67. The molecule has 0 spiro atoms. The number of benzene rings is 2. The zero-order chi connectivity index (χ0) is 27.9. The molecule has 2 aromatic heterocycles. The molecule has 0 aliphatic carbocycles. The lowest BCUT2D eigenvalue weighted by molar-refractivity contribution is 0.0775. The lowest BCUT2D eigenvalue weighted by atomic mass is 10.1. The molecule has 0 unspecified atom stereocenters. The topological polar surface area (TPSA) is 68.9 Å². The van der Waals surface area contributed by atoms with E-state index >= 15 is 0 Å². The van der Waals surface area contributed by atoms with Crippen LogP contribution in [0.5, 0.6) is 11.5 Å². The molecular weight excluding hydrogens is 494 g/mol. The molecule has 0 saturated carbocycles. The van der Waals surface area contributed by atoms with Crippen molar-refractivity contribution >= 4 is 33.6 Å². The molecule has 202 valence electrons. The molecule has 0 bridgehead atoms. The number of methoxy groups -OCH3 is 2. The Hall–Kier alpha value is -3.76. The number of carbonyl (C=O) groups excluding carboxylic acids is 2. The number of halogens is 2. The van der Waals surface area contributed by atoms with Crippen molar-refractivity contribution in [2.75, 3.05) is 35.4 Å². The average molecular weight is 527 g/mol. The first-order valence-electron chi connectivity index (χ1n) is 12.2. The number of aromatic nitrogens is 2. The molecular formula is C28H32F2N4O4. The van der Waals surface area contributed by atoms with Crippen molar-refractivity contribution in [1.29, 1.82) is 0 Å². The number of hydrogen-bond donors (Lipinski definition) is 0. The van der Waals surface area contributed by atoms with Crippen LogP contribution in [0.2, 0.25) is 0 Å². The summed E-state index contributed by atoms with van der Waals surface area (Å²) in [5, 5.41) is 1.23. The van der Waals surface area contributed by atoms with Gasteiger partial charge in [-0.15, -0.1) is 0 Å². The van der Waals surface area contributed by atoms with Crippen LogP contribution in [-0.4, -0.2) is 78.2 Å². The van der Waals surface area contributed by atoms with Gasteiger partial charge in [-0.1, -0.05) is 0 Å². The first-order chi connectivity index (χ1) is 18.0. The Labute approximate surface area is 219 Å². The molecule has 0 N–H and O–H groups in total. The number of ether oxygens (including phenoxy) is 2. The summed E-state index contributed by atoms with van der Waals surface area (Å²) in [5.74, 6) is -1.38. The Kier molecular flexibility index (Phi) is 7.57. The fraction of sp³-hybridized carbons (Fsp3) is 0.357. The van der Waals surface area contributed by atoms with Crippen molar-refractivity contribution < 1.29 is 27.8 Å². The summed E-state index contributed by atoms with van der Waals surface area (Å²) in [5.41, 5.74) is 1.70. The number of carbonyl (C=O) groups is 2. The van der Waals surface area contributed by atoms with Crippen LogP contribution in [0.3, 0.4) is 0 Å². The fourth-order valence-electron chi connectivity index (χ4n) is 4.46. The number of nitrogens with zero attached hydrogens (tertiary/aromatic N) is 4. The fourth-order valence-corrected chi connectivity index (χ4v) is 4.46. The molecule has 0 radical (unpaired) electrons. The smallest absolute Gasteiger partial charge is 0.248 e. The minimum atomic E-state index is -0.584. The van der Waals surface area contributed by atoms with Crippen molar-refractivity contribution in [3.8, 4) is 11.5 Å². The molecule has 0 fully saturated rings. The van der Waals surface area contributed by atoms with Gasteiger partial charge in [-0.3, -0.25) is 28.5 Å². The van der Waals surface area contributed by atoms with E-state index in [2.05, 4.69) is 0 Å². The van der Waals surface area contributed by atoms with Gasteiger partial charge in [0.1, 0.15) is 0 Å². The van der Waals surface area contributed by atoms with Gasteiger partial charge in [0, 0.05) is 41.8 Å². The Morgan fingerprint density at radius 2 is 1.47 bits per heavy atom. The van der Waals surface area contributed by atoms with Gasteiger partial charge >= 0.3 is 0 Å². The van der Waals surface area contributed by atoms with Crippen LogP contribution in [0.25, 0.3) is 21.8 Å². The van der Waals surface area contributed by atoms with Crippen LogP contribution in [0.15, 0.2) is 42.7 Å². The van der Waals surface area contributed by atoms with E-state index in [1.807, 2.05) is 4.90 Å². The van der Waals surface area contributed by atoms with Gasteiger partial charge in [-0.25, -0.2) is 8.78 Å². The molecule has 0 amide bonds. The van der Waals surface area contributed by atoms with E-state index in [-0.39, 0.29) is 23.3 Å². The monoisotopic (exact) mass is 526 g/mol. The van der Waals surface area contributed by atoms with Crippen molar-refractivity contribution in [3.05, 3.63) is 59.9 Å². The van der Waals surface area contributed by atoms with E-state index in [1.165, 1.54) is 41.6 Å². The maximum Gasteiger partial charge on any atom is 0.248 e. The van der Waals surface area contributed by atoms with Crippen LogP contribution in [0.1, 0.15) is 29.0 Å². The van der Waals surface area contributed by atoms with Crippen molar-refractivity contribution in [2.45, 2.75) is 32.5 Å². The highest BCUT2D eigenvalue weighted by Crippen LogP contribution is 2.31. The van der Waals surface area contributed by atoms with Crippen LogP contribution in [-0.2, 0) is 6.54 Å².